The SMILES string of the molecule is CC[C@H](Oc1ccccc1C#N)C(=O)Nc1cc(C)on1. The Bertz CT molecular complexity index is 673. The third-order valence-corrected chi connectivity index (χ3v) is 2.82. The zero-order valence-corrected chi connectivity index (χ0v) is 11.8. The molecular formula is C15H15N3O3. The molecule has 0 aliphatic rings. The van der Waals surface area contributed by atoms with Gasteiger partial charge in [-0.3, -0.25) is 4.79 Å². The molecule has 1 aromatic carbocycles. The lowest BCUT2D eigenvalue weighted by molar-refractivity contribution is -0.122. The number of para-hydroxylation sites is 1. The standard InChI is InChI=1S/C15H15N3O3/c1-3-12(15(19)17-14-8-10(2)21-18-14)20-13-7-5-4-6-11(13)9-16/h4-8,12H,3H2,1-2H3,(H,17,18,19)/t12-/m0/s1. The molecule has 1 N–H and O–H groups in total. The number of hydrogen-bond acceptors (Lipinski definition) is 5. The van der Waals surface area contributed by atoms with Crippen molar-refractivity contribution in [1.82, 2.24) is 5.16 Å². The quantitative estimate of drug-likeness (QED) is 0.912. The van der Waals surface area contributed by atoms with E-state index in [4.69, 9.17) is 14.5 Å². The zero-order chi connectivity index (χ0) is 15.2. The van der Waals surface area contributed by atoms with Crippen LogP contribution < -0.4 is 10.1 Å². The first-order chi connectivity index (χ1) is 10.1. The second kappa shape index (κ2) is 6.57. The van der Waals surface area contributed by atoms with Gasteiger partial charge in [0.1, 0.15) is 17.6 Å². The van der Waals surface area contributed by atoms with Gasteiger partial charge in [0, 0.05) is 6.07 Å². The van der Waals surface area contributed by atoms with Crippen LogP contribution in [0.25, 0.3) is 0 Å². The molecule has 0 unspecified atom stereocenters. The van der Waals surface area contributed by atoms with Crippen LogP contribution in [0.2, 0.25) is 0 Å². The Morgan fingerprint density at radius 3 is 2.90 bits per heavy atom. The number of amides is 1. The lowest BCUT2D eigenvalue weighted by Gasteiger charge is -2.17. The number of carbonyl (C=O) groups excluding carboxylic acids is 1. The van der Waals surface area contributed by atoms with Crippen molar-refractivity contribution in [3.05, 3.63) is 41.7 Å². The molecule has 1 atom stereocenters. The third-order valence-electron chi connectivity index (χ3n) is 2.82. The second-order valence-corrected chi connectivity index (χ2v) is 4.43. The number of aryl methyl sites for hydroxylation is 1. The molecule has 6 nitrogen and oxygen atoms in total. The molecule has 1 heterocycles. The van der Waals surface area contributed by atoms with Gasteiger partial charge in [-0.1, -0.05) is 24.2 Å². The van der Waals surface area contributed by atoms with Crippen molar-refractivity contribution in [2.24, 2.45) is 0 Å². The molecule has 6 heteroatoms. The van der Waals surface area contributed by atoms with Gasteiger partial charge < -0.3 is 14.6 Å². The van der Waals surface area contributed by atoms with Crippen LogP contribution in [0.1, 0.15) is 24.7 Å². The van der Waals surface area contributed by atoms with E-state index in [0.717, 1.165) is 0 Å². The average Bonchev–Trinajstić information content (AvgIpc) is 2.90. The lowest BCUT2D eigenvalue weighted by atomic mass is 10.2. The lowest BCUT2D eigenvalue weighted by Crippen LogP contribution is -2.32. The van der Waals surface area contributed by atoms with Gasteiger partial charge in [-0.25, -0.2) is 0 Å². The molecule has 0 bridgehead atoms. The fourth-order valence-corrected chi connectivity index (χ4v) is 1.77. The van der Waals surface area contributed by atoms with Crippen LogP contribution in [-0.4, -0.2) is 17.2 Å². The van der Waals surface area contributed by atoms with Gasteiger partial charge in [0.15, 0.2) is 11.9 Å². The third kappa shape index (κ3) is 3.60. The highest BCUT2D eigenvalue weighted by molar-refractivity contribution is 5.93. The predicted octanol–water partition coefficient (Wildman–Crippen LogP) is 2.65. The van der Waals surface area contributed by atoms with Crippen LogP contribution in [0.15, 0.2) is 34.9 Å². The zero-order valence-electron chi connectivity index (χ0n) is 11.8. The maximum absolute atomic E-state index is 12.2. The number of nitrogens with zero attached hydrogens (tertiary/aromatic N) is 2. The van der Waals surface area contributed by atoms with Crippen molar-refractivity contribution >= 4 is 11.7 Å². The number of anilines is 1. The fourth-order valence-electron chi connectivity index (χ4n) is 1.77. The van der Waals surface area contributed by atoms with E-state index in [1.165, 1.54) is 0 Å². The topological polar surface area (TPSA) is 88.1 Å². The van der Waals surface area contributed by atoms with Crippen molar-refractivity contribution in [2.45, 2.75) is 26.4 Å². The summed E-state index contributed by atoms with van der Waals surface area (Å²) < 4.78 is 10.5. The van der Waals surface area contributed by atoms with E-state index in [1.54, 1.807) is 37.3 Å². The highest BCUT2D eigenvalue weighted by Crippen LogP contribution is 2.19. The van der Waals surface area contributed by atoms with Crippen LogP contribution >= 0.6 is 0 Å². The molecule has 0 saturated heterocycles. The highest BCUT2D eigenvalue weighted by Gasteiger charge is 2.20. The molecule has 0 fully saturated rings. The molecule has 0 saturated carbocycles. The van der Waals surface area contributed by atoms with Gasteiger partial charge >= 0.3 is 0 Å². The van der Waals surface area contributed by atoms with E-state index in [1.807, 2.05) is 13.0 Å². The van der Waals surface area contributed by atoms with Crippen molar-refractivity contribution in [3.63, 3.8) is 0 Å². The Labute approximate surface area is 122 Å². The van der Waals surface area contributed by atoms with Gasteiger partial charge in [0.2, 0.25) is 0 Å². The molecule has 0 aliphatic heterocycles. The number of ether oxygens (including phenoxy) is 1. The summed E-state index contributed by atoms with van der Waals surface area (Å²) in [7, 11) is 0. The minimum absolute atomic E-state index is 0.335. The summed E-state index contributed by atoms with van der Waals surface area (Å²) in [4.78, 5) is 12.2. The maximum atomic E-state index is 12.2. The molecule has 1 amide bonds. The van der Waals surface area contributed by atoms with Gasteiger partial charge in [0.05, 0.1) is 5.56 Å². The van der Waals surface area contributed by atoms with Crippen LogP contribution in [0.3, 0.4) is 0 Å². The molecule has 2 aromatic rings. The van der Waals surface area contributed by atoms with E-state index in [-0.39, 0.29) is 5.91 Å². The minimum atomic E-state index is -0.712. The summed E-state index contributed by atoms with van der Waals surface area (Å²) in [5.41, 5.74) is 0.390. The Morgan fingerprint density at radius 1 is 1.52 bits per heavy atom. The van der Waals surface area contributed by atoms with Gasteiger partial charge in [0.25, 0.3) is 5.91 Å². The van der Waals surface area contributed by atoms with E-state index in [0.29, 0.717) is 29.3 Å². The van der Waals surface area contributed by atoms with Crippen LogP contribution in [-0.2, 0) is 4.79 Å². The smallest absolute Gasteiger partial charge is 0.266 e. The number of nitriles is 1. The largest absolute Gasteiger partial charge is 0.479 e. The van der Waals surface area contributed by atoms with Crippen molar-refractivity contribution in [2.75, 3.05) is 5.32 Å². The van der Waals surface area contributed by atoms with E-state index in [9.17, 15) is 4.79 Å². The average molecular weight is 285 g/mol. The summed E-state index contributed by atoms with van der Waals surface area (Å²) in [6.07, 6.45) is -0.251. The van der Waals surface area contributed by atoms with Crippen molar-refractivity contribution in [1.29, 1.82) is 5.26 Å². The summed E-state index contributed by atoms with van der Waals surface area (Å²) in [6.45, 7) is 3.56. The first-order valence-corrected chi connectivity index (χ1v) is 6.54. The molecule has 2 rings (SSSR count). The molecule has 0 radical (unpaired) electrons. The summed E-state index contributed by atoms with van der Waals surface area (Å²) >= 11 is 0. The molecule has 0 aliphatic carbocycles. The van der Waals surface area contributed by atoms with Crippen LogP contribution in [0.4, 0.5) is 5.82 Å². The molecular weight excluding hydrogens is 270 g/mol. The van der Waals surface area contributed by atoms with Crippen LogP contribution in [0.5, 0.6) is 5.75 Å². The molecule has 1 aromatic heterocycles. The summed E-state index contributed by atoms with van der Waals surface area (Å²) in [5, 5.41) is 15.3. The molecule has 0 spiro atoms. The Hall–Kier alpha value is -2.81. The van der Waals surface area contributed by atoms with E-state index >= 15 is 0 Å². The Morgan fingerprint density at radius 2 is 2.29 bits per heavy atom. The number of aromatic nitrogens is 1. The Balaban J connectivity index is 2.09. The van der Waals surface area contributed by atoms with Gasteiger partial charge in [-0.05, 0) is 25.5 Å². The van der Waals surface area contributed by atoms with Gasteiger partial charge in [-0.15, -0.1) is 0 Å². The number of carbonyl (C=O) groups is 1. The highest BCUT2D eigenvalue weighted by atomic mass is 16.5. The number of hydrogen-bond donors (Lipinski definition) is 1. The Kier molecular flexibility index (Phi) is 4.57. The van der Waals surface area contributed by atoms with Crippen molar-refractivity contribution in [3.8, 4) is 11.8 Å². The first-order valence-electron chi connectivity index (χ1n) is 6.54. The fraction of sp³-hybridized carbons (Fsp3) is 0.267. The minimum Gasteiger partial charge on any atom is -0.479 e. The maximum Gasteiger partial charge on any atom is 0.266 e. The first kappa shape index (κ1) is 14.6. The monoisotopic (exact) mass is 285 g/mol. The molecule has 108 valence electrons. The van der Waals surface area contributed by atoms with E-state index in [2.05, 4.69) is 10.5 Å². The van der Waals surface area contributed by atoms with E-state index < -0.39 is 6.10 Å². The normalized spacial score (nSPS) is 11.5. The second-order valence-electron chi connectivity index (χ2n) is 4.43. The van der Waals surface area contributed by atoms with Crippen LogP contribution in [0, 0.1) is 18.3 Å². The predicted molar refractivity (Wildman–Crippen MR) is 75.7 cm³/mol. The number of nitrogens with one attached hydrogen (secondary N) is 1. The summed E-state index contributed by atoms with van der Waals surface area (Å²) in [5.74, 6) is 0.999. The number of rotatable bonds is 5. The summed E-state index contributed by atoms with van der Waals surface area (Å²) in [6, 6.07) is 10.4. The van der Waals surface area contributed by atoms with Crippen molar-refractivity contribution < 1.29 is 14.1 Å². The molecule has 21 heavy (non-hydrogen) atoms. The van der Waals surface area contributed by atoms with Gasteiger partial charge in [-0.2, -0.15) is 5.26 Å². The number of benzene rings is 1.